The first kappa shape index (κ1) is 16.1. The van der Waals surface area contributed by atoms with Gasteiger partial charge in [-0.3, -0.25) is 9.17 Å². The Kier molecular flexibility index (Phi) is 4.78. The average Bonchev–Trinajstić information content (AvgIpc) is 2.55. The van der Waals surface area contributed by atoms with Crippen LogP contribution in [0.25, 0.3) is 0 Å². The highest BCUT2D eigenvalue weighted by Crippen LogP contribution is 2.20. The lowest BCUT2D eigenvalue weighted by Crippen LogP contribution is -2.11. The van der Waals surface area contributed by atoms with Gasteiger partial charge in [-0.1, -0.05) is 23.8 Å². The number of fused-ring (bicyclic) bond motifs is 1. The van der Waals surface area contributed by atoms with Gasteiger partial charge in [0.15, 0.2) is 0 Å². The van der Waals surface area contributed by atoms with Crippen molar-refractivity contribution >= 4 is 10.1 Å². The molecule has 0 amide bonds. The topological polar surface area (TPSA) is 56.3 Å². The predicted octanol–water partition coefficient (Wildman–Crippen LogP) is 3.22. The first-order valence-electron chi connectivity index (χ1n) is 7.98. The van der Waals surface area contributed by atoms with Crippen molar-refractivity contribution < 1.29 is 12.6 Å². The molecule has 1 aliphatic rings. The van der Waals surface area contributed by atoms with E-state index in [4.69, 9.17) is 4.18 Å². The molecule has 0 saturated carbocycles. The lowest BCUT2D eigenvalue weighted by molar-refractivity contribution is 0.320. The highest BCUT2D eigenvalue weighted by molar-refractivity contribution is 7.86. The Morgan fingerprint density at radius 1 is 1.04 bits per heavy atom. The van der Waals surface area contributed by atoms with Gasteiger partial charge in [0.1, 0.15) is 0 Å². The lowest BCUT2D eigenvalue weighted by Gasteiger charge is -2.15. The number of pyridine rings is 1. The fourth-order valence-corrected chi connectivity index (χ4v) is 3.70. The van der Waals surface area contributed by atoms with Crippen molar-refractivity contribution in [2.24, 2.45) is 0 Å². The third-order valence-electron chi connectivity index (χ3n) is 4.14. The molecule has 4 nitrogen and oxygen atoms in total. The van der Waals surface area contributed by atoms with Gasteiger partial charge in [0.25, 0.3) is 10.1 Å². The van der Waals surface area contributed by atoms with Crippen molar-refractivity contribution in [2.75, 3.05) is 6.61 Å². The Labute approximate surface area is 137 Å². The van der Waals surface area contributed by atoms with Crippen molar-refractivity contribution in [1.29, 1.82) is 0 Å². The number of benzene rings is 1. The van der Waals surface area contributed by atoms with E-state index in [2.05, 4.69) is 11.1 Å². The van der Waals surface area contributed by atoms with Gasteiger partial charge < -0.3 is 0 Å². The van der Waals surface area contributed by atoms with Crippen LogP contribution in [0.3, 0.4) is 0 Å². The maximum absolute atomic E-state index is 12.1. The van der Waals surface area contributed by atoms with Crippen molar-refractivity contribution in [3.05, 3.63) is 58.9 Å². The molecule has 0 N–H and O–H groups in total. The number of hydrogen-bond acceptors (Lipinski definition) is 4. The van der Waals surface area contributed by atoms with Crippen LogP contribution in [0.15, 0.2) is 41.3 Å². The highest BCUT2D eigenvalue weighted by Gasteiger charge is 2.15. The van der Waals surface area contributed by atoms with E-state index in [-0.39, 0.29) is 11.5 Å². The standard InChI is InChI=1S/C18H21NO3S/c1-14-6-10-17(11-7-14)23(20,21)22-13-12-16-9-8-15-4-2-3-5-18(15)19-16/h6-11H,2-5,12-13H2,1H3. The number of aryl methyl sites for hydroxylation is 3. The summed E-state index contributed by atoms with van der Waals surface area (Å²) >= 11 is 0. The summed E-state index contributed by atoms with van der Waals surface area (Å²) in [6.45, 7) is 2.03. The first-order chi connectivity index (χ1) is 11.0. The van der Waals surface area contributed by atoms with Gasteiger partial charge in [-0.15, -0.1) is 0 Å². The van der Waals surface area contributed by atoms with Crippen molar-refractivity contribution in [2.45, 2.75) is 43.9 Å². The smallest absolute Gasteiger partial charge is 0.266 e. The number of hydrogen-bond donors (Lipinski definition) is 0. The minimum Gasteiger partial charge on any atom is -0.266 e. The molecule has 1 aliphatic carbocycles. The molecular formula is C18H21NO3S. The van der Waals surface area contributed by atoms with E-state index in [0.29, 0.717) is 6.42 Å². The zero-order valence-corrected chi connectivity index (χ0v) is 14.1. The van der Waals surface area contributed by atoms with Crippen LogP contribution in [-0.2, 0) is 33.6 Å². The van der Waals surface area contributed by atoms with Gasteiger partial charge in [0, 0.05) is 17.8 Å². The molecule has 0 bridgehead atoms. The third-order valence-corrected chi connectivity index (χ3v) is 5.47. The SMILES string of the molecule is Cc1ccc(S(=O)(=O)OCCc2ccc3c(n2)CCCC3)cc1. The molecule has 5 heteroatoms. The molecular weight excluding hydrogens is 310 g/mol. The molecule has 23 heavy (non-hydrogen) atoms. The Morgan fingerprint density at radius 2 is 1.78 bits per heavy atom. The monoisotopic (exact) mass is 331 g/mol. The third kappa shape index (κ3) is 3.98. The second kappa shape index (κ2) is 6.81. The highest BCUT2D eigenvalue weighted by atomic mass is 32.2. The largest absolute Gasteiger partial charge is 0.296 e. The molecule has 0 saturated heterocycles. The quantitative estimate of drug-likeness (QED) is 0.790. The molecule has 1 aromatic heterocycles. The van der Waals surface area contributed by atoms with Gasteiger partial charge >= 0.3 is 0 Å². The summed E-state index contributed by atoms with van der Waals surface area (Å²) in [6.07, 6.45) is 5.03. The number of nitrogens with zero attached hydrogens (tertiary/aromatic N) is 1. The Morgan fingerprint density at radius 3 is 2.57 bits per heavy atom. The van der Waals surface area contributed by atoms with E-state index in [1.165, 1.54) is 18.4 Å². The van der Waals surface area contributed by atoms with Crippen LogP contribution in [0.5, 0.6) is 0 Å². The van der Waals surface area contributed by atoms with Crippen molar-refractivity contribution in [3.8, 4) is 0 Å². The van der Waals surface area contributed by atoms with Crippen LogP contribution in [0.2, 0.25) is 0 Å². The summed E-state index contributed by atoms with van der Waals surface area (Å²) < 4.78 is 29.4. The summed E-state index contributed by atoms with van der Waals surface area (Å²) in [5, 5.41) is 0. The van der Waals surface area contributed by atoms with Crippen LogP contribution in [0.1, 0.15) is 35.4 Å². The van der Waals surface area contributed by atoms with Crippen molar-refractivity contribution in [1.82, 2.24) is 4.98 Å². The summed E-state index contributed by atoms with van der Waals surface area (Å²) in [6, 6.07) is 10.8. The molecule has 1 aromatic carbocycles. The van der Waals surface area contributed by atoms with Gasteiger partial charge in [-0.25, -0.2) is 0 Å². The zero-order valence-electron chi connectivity index (χ0n) is 13.3. The fraction of sp³-hybridized carbons (Fsp3) is 0.389. The Bertz CT molecular complexity index is 782. The number of rotatable bonds is 5. The van der Waals surface area contributed by atoms with Gasteiger partial charge in [0.2, 0.25) is 0 Å². The van der Waals surface area contributed by atoms with E-state index in [1.807, 2.05) is 13.0 Å². The molecule has 0 spiro atoms. The summed E-state index contributed by atoms with van der Waals surface area (Å²) in [4.78, 5) is 4.84. The van der Waals surface area contributed by atoms with Crippen LogP contribution in [-0.4, -0.2) is 20.0 Å². The van der Waals surface area contributed by atoms with E-state index >= 15 is 0 Å². The second-order valence-corrected chi connectivity index (χ2v) is 7.57. The molecule has 0 radical (unpaired) electrons. The molecule has 0 aliphatic heterocycles. The van der Waals surface area contributed by atoms with Crippen molar-refractivity contribution in [3.63, 3.8) is 0 Å². The molecule has 0 unspecified atom stereocenters. The van der Waals surface area contributed by atoms with Gasteiger partial charge in [-0.05, 0) is 56.4 Å². The number of aromatic nitrogens is 1. The zero-order chi connectivity index (χ0) is 16.3. The normalized spacial score (nSPS) is 14.5. The molecule has 3 rings (SSSR count). The van der Waals surface area contributed by atoms with Gasteiger partial charge in [-0.2, -0.15) is 8.42 Å². The molecule has 0 atom stereocenters. The minimum atomic E-state index is -3.69. The predicted molar refractivity (Wildman–Crippen MR) is 88.9 cm³/mol. The molecule has 1 heterocycles. The van der Waals surface area contributed by atoms with Crippen LogP contribution in [0.4, 0.5) is 0 Å². The molecule has 122 valence electrons. The fourth-order valence-electron chi connectivity index (χ4n) is 2.80. The summed E-state index contributed by atoms with van der Waals surface area (Å²) in [5.41, 5.74) is 4.40. The maximum atomic E-state index is 12.1. The van der Waals surface area contributed by atoms with Crippen LogP contribution >= 0.6 is 0 Å². The Hall–Kier alpha value is -1.72. The summed E-state index contributed by atoms with van der Waals surface area (Å²) in [7, 11) is -3.69. The minimum absolute atomic E-state index is 0.113. The lowest BCUT2D eigenvalue weighted by atomic mass is 9.96. The molecule has 0 fully saturated rings. The summed E-state index contributed by atoms with van der Waals surface area (Å²) in [5.74, 6) is 0. The van der Waals surface area contributed by atoms with E-state index in [0.717, 1.165) is 29.8 Å². The van der Waals surface area contributed by atoms with Gasteiger partial charge in [0.05, 0.1) is 11.5 Å². The van der Waals surface area contributed by atoms with Crippen LogP contribution < -0.4 is 0 Å². The second-order valence-electron chi connectivity index (χ2n) is 5.95. The van der Waals surface area contributed by atoms with E-state index in [1.54, 1.807) is 24.3 Å². The van der Waals surface area contributed by atoms with E-state index < -0.39 is 10.1 Å². The first-order valence-corrected chi connectivity index (χ1v) is 9.39. The van der Waals surface area contributed by atoms with E-state index in [9.17, 15) is 8.42 Å². The molecule has 2 aromatic rings. The Balaban J connectivity index is 1.61. The average molecular weight is 331 g/mol. The maximum Gasteiger partial charge on any atom is 0.296 e. The van der Waals surface area contributed by atoms with Crippen LogP contribution in [0, 0.1) is 6.92 Å².